The van der Waals surface area contributed by atoms with Gasteiger partial charge < -0.3 is 15.4 Å². The van der Waals surface area contributed by atoms with Gasteiger partial charge in [0.05, 0.1) is 17.7 Å². The van der Waals surface area contributed by atoms with Crippen LogP contribution in [0.5, 0.6) is 0 Å². The van der Waals surface area contributed by atoms with Crippen LogP contribution < -0.4 is 10.6 Å². The number of anilines is 2. The Morgan fingerprint density at radius 3 is 2.67 bits per heavy atom. The number of nitrogens with zero attached hydrogens (tertiary/aromatic N) is 5. The molecule has 0 amide bonds. The number of nitrogens with two attached hydrogens (primary N) is 1. The molecule has 0 unspecified atom stereocenters. The van der Waals surface area contributed by atoms with Crippen molar-refractivity contribution in [1.82, 2.24) is 19.9 Å². The molecular formula is C22H21BrN6O. The number of pyridine rings is 2. The summed E-state index contributed by atoms with van der Waals surface area (Å²) in [6.07, 6.45) is 3.26. The van der Waals surface area contributed by atoms with E-state index in [0.29, 0.717) is 18.1 Å². The van der Waals surface area contributed by atoms with E-state index in [1.807, 2.05) is 60.6 Å². The second-order valence-electron chi connectivity index (χ2n) is 6.84. The monoisotopic (exact) mass is 464 g/mol. The molecule has 4 aromatic rings. The molecule has 30 heavy (non-hydrogen) atoms. The number of halogens is 1. The van der Waals surface area contributed by atoms with E-state index in [4.69, 9.17) is 15.5 Å². The first-order valence-electron chi connectivity index (χ1n) is 9.40. The van der Waals surface area contributed by atoms with Crippen molar-refractivity contribution in [2.45, 2.75) is 0 Å². The van der Waals surface area contributed by atoms with Crippen LogP contribution in [0, 0.1) is 0 Å². The zero-order valence-electron chi connectivity index (χ0n) is 16.7. The number of hydrogen-bond donors (Lipinski definition) is 1. The molecule has 0 aliphatic rings. The van der Waals surface area contributed by atoms with E-state index in [-0.39, 0.29) is 0 Å². The third kappa shape index (κ3) is 4.10. The Hall–Kier alpha value is -3.10. The lowest BCUT2D eigenvalue weighted by Crippen LogP contribution is -2.22. The van der Waals surface area contributed by atoms with Crippen LogP contribution in [0.3, 0.4) is 0 Å². The quantitative estimate of drug-likeness (QED) is 0.457. The first-order chi connectivity index (χ1) is 14.6. The summed E-state index contributed by atoms with van der Waals surface area (Å²) in [7, 11) is 3.68. The minimum absolute atomic E-state index is 0.405. The molecule has 8 heteroatoms. The van der Waals surface area contributed by atoms with Crippen LogP contribution in [0.15, 0.2) is 59.5 Å². The highest BCUT2D eigenvalue weighted by molar-refractivity contribution is 9.10. The molecule has 0 aliphatic heterocycles. The van der Waals surface area contributed by atoms with Gasteiger partial charge in [-0.25, -0.2) is 19.9 Å². The van der Waals surface area contributed by atoms with Crippen LogP contribution >= 0.6 is 15.9 Å². The predicted octanol–water partition coefficient (Wildman–Crippen LogP) is 4.18. The fourth-order valence-corrected chi connectivity index (χ4v) is 3.62. The Bertz CT molecular complexity index is 1180. The lowest BCUT2D eigenvalue weighted by Gasteiger charge is -2.17. The lowest BCUT2D eigenvalue weighted by atomic mass is 10.0. The van der Waals surface area contributed by atoms with Gasteiger partial charge in [-0.1, -0.05) is 28.1 Å². The molecule has 4 rings (SSSR count). The van der Waals surface area contributed by atoms with Crippen molar-refractivity contribution in [3.05, 3.63) is 59.5 Å². The molecule has 0 bridgehead atoms. The number of fused-ring (bicyclic) bond motifs is 1. The summed E-state index contributed by atoms with van der Waals surface area (Å²) < 4.78 is 6.11. The third-order valence-electron chi connectivity index (χ3n) is 4.83. The van der Waals surface area contributed by atoms with Crippen LogP contribution in [0.1, 0.15) is 0 Å². The Morgan fingerprint density at radius 2 is 1.93 bits per heavy atom. The second kappa shape index (κ2) is 8.73. The van der Waals surface area contributed by atoms with Crippen LogP contribution in [-0.2, 0) is 4.74 Å². The van der Waals surface area contributed by atoms with Gasteiger partial charge >= 0.3 is 0 Å². The van der Waals surface area contributed by atoms with E-state index in [1.54, 1.807) is 7.11 Å². The maximum atomic E-state index is 6.18. The van der Waals surface area contributed by atoms with Gasteiger partial charge in [-0.05, 0) is 41.5 Å². The van der Waals surface area contributed by atoms with E-state index in [1.165, 1.54) is 6.33 Å². The maximum absolute atomic E-state index is 6.18. The normalized spacial score (nSPS) is 11.0. The Balaban J connectivity index is 1.81. The Kier molecular flexibility index (Phi) is 5.87. The molecule has 0 aliphatic carbocycles. The first-order valence-corrected chi connectivity index (χ1v) is 10.2. The largest absolute Gasteiger partial charge is 0.383 e. The molecule has 0 atom stereocenters. The smallest absolute Gasteiger partial charge is 0.165 e. The summed E-state index contributed by atoms with van der Waals surface area (Å²) in [4.78, 5) is 19.9. The zero-order valence-corrected chi connectivity index (χ0v) is 18.3. The van der Waals surface area contributed by atoms with Gasteiger partial charge in [0.1, 0.15) is 18.0 Å². The van der Waals surface area contributed by atoms with Crippen molar-refractivity contribution >= 4 is 38.6 Å². The number of methoxy groups -OCH3 is 1. The summed E-state index contributed by atoms with van der Waals surface area (Å²) in [5, 5.41) is 0.739. The van der Waals surface area contributed by atoms with Crippen molar-refractivity contribution < 1.29 is 4.74 Å². The van der Waals surface area contributed by atoms with Crippen LogP contribution in [0.4, 0.5) is 11.6 Å². The fraction of sp³-hybridized carbons (Fsp3) is 0.182. The van der Waals surface area contributed by atoms with Crippen LogP contribution in [0.25, 0.3) is 33.4 Å². The molecule has 7 nitrogen and oxygen atoms in total. The molecule has 0 radical (unpaired) electrons. The van der Waals surface area contributed by atoms with E-state index in [2.05, 4.69) is 30.9 Å². The minimum Gasteiger partial charge on any atom is -0.383 e. The zero-order chi connectivity index (χ0) is 21.1. The van der Waals surface area contributed by atoms with Crippen molar-refractivity contribution in [3.63, 3.8) is 0 Å². The highest BCUT2D eigenvalue weighted by atomic mass is 79.9. The highest BCUT2D eigenvalue weighted by Gasteiger charge is 2.14. The van der Waals surface area contributed by atoms with Crippen molar-refractivity contribution in [2.75, 3.05) is 37.9 Å². The van der Waals surface area contributed by atoms with Gasteiger partial charge in [-0.3, -0.25) is 0 Å². The number of nitrogen functional groups attached to an aromatic ring is 1. The average molecular weight is 465 g/mol. The van der Waals surface area contributed by atoms with E-state index >= 15 is 0 Å². The van der Waals surface area contributed by atoms with Crippen molar-refractivity contribution in [2.24, 2.45) is 0 Å². The molecule has 3 aromatic heterocycles. The summed E-state index contributed by atoms with van der Waals surface area (Å²) in [6, 6.07) is 14.0. The number of rotatable bonds is 6. The number of ether oxygens (including phenoxy) is 1. The summed E-state index contributed by atoms with van der Waals surface area (Å²) >= 11 is 3.54. The number of benzene rings is 1. The molecular weight excluding hydrogens is 444 g/mol. The van der Waals surface area contributed by atoms with Crippen LogP contribution in [0.2, 0.25) is 0 Å². The average Bonchev–Trinajstić information content (AvgIpc) is 2.77. The molecule has 152 valence electrons. The van der Waals surface area contributed by atoms with Gasteiger partial charge in [0, 0.05) is 36.9 Å². The second-order valence-corrected chi connectivity index (χ2v) is 7.76. The van der Waals surface area contributed by atoms with E-state index in [0.717, 1.165) is 44.6 Å². The third-order valence-corrected chi connectivity index (χ3v) is 5.33. The molecule has 1 aromatic carbocycles. The molecule has 0 fully saturated rings. The molecule has 0 saturated carbocycles. The van der Waals surface area contributed by atoms with E-state index < -0.39 is 0 Å². The summed E-state index contributed by atoms with van der Waals surface area (Å²) in [5.74, 6) is 1.28. The molecule has 0 spiro atoms. The molecule has 3 heterocycles. The van der Waals surface area contributed by atoms with Gasteiger partial charge in [-0.15, -0.1) is 0 Å². The van der Waals surface area contributed by atoms with Gasteiger partial charge in [0.2, 0.25) is 0 Å². The van der Waals surface area contributed by atoms with Gasteiger partial charge in [-0.2, -0.15) is 0 Å². The predicted molar refractivity (Wildman–Crippen MR) is 123 cm³/mol. The van der Waals surface area contributed by atoms with Crippen LogP contribution in [-0.4, -0.2) is 47.2 Å². The number of likely N-dealkylation sites (N-methyl/N-ethyl adjacent to an activating group) is 1. The first kappa shape index (κ1) is 20.2. The Morgan fingerprint density at radius 1 is 1.07 bits per heavy atom. The number of aromatic nitrogens is 4. The SMILES string of the molecule is COCCN(C)c1ccc(-c2cc(-c3cccc(Br)c3)c3c(N)ncnc3n2)cn1. The van der Waals surface area contributed by atoms with Crippen molar-refractivity contribution in [3.8, 4) is 22.4 Å². The minimum atomic E-state index is 0.405. The summed E-state index contributed by atoms with van der Waals surface area (Å²) in [6.45, 7) is 1.41. The molecule has 0 saturated heterocycles. The molecule has 2 N–H and O–H groups in total. The van der Waals surface area contributed by atoms with Crippen molar-refractivity contribution in [1.29, 1.82) is 0 Å². The topological polar surface area (TPSA) is 90.1 Å². The highest BCUT2D eigenvalue weighted by Crippen LogP contribution is 2.34. The number of hydrogen-bond acceptors (Lipinski definition) is 7. The maximum Gasteiger partial charge on any atom is 0.165 e. The Labute approximate surface area is 183 Å². The summed E-state index contributed by atoms with van der Waals surface area (Å²) in [5.41, 5.74) is 10.3. The fourth-order valence-electron chi connectivity index (χ4n) is 3.23. The van der Waals surface area contributed by atoms with Gasteiger partial charge in [0.25, 0.3) is 0 Å². The lowest BCUT2D eigenvalue weighted by molar-refractivity contribution is 0.206. The van der Waals surface area contributed by atoms with Gasteiger partial charge in [0.15, 0.2) is 5.65 Å². The standard InChI is InChI=1S/C22H21BrN6O/c1-29(8-9-30-2)19-7-6-15(12-25-19)18-11-17(14-4-3-5-16(23)10-14)20-21(24)26-13-27-22(20)28-18/h3-7,10-13H,8-9H2,1-2H3,(H2,24,26,27,28). The van der Waals surface area contributed by atoms with E-state index in [9.17, 15) is 0 Å².